The molecule has 44 heavy (non-hydrogen) atoms. The van der Waals surface area contributed by atoms with Crippen molar-refractivity contribution in [1.29, 1.82) is 0 Å². The van der Waals surface area contributed by atoms with Crippen molar-refractivity contribution in [2.75, 3.05) is 0 Å². The normalized spacial score (nSPS) is 11.8. The van der Waals surface area contributed by atoms with Crippen LogP contribution in [-0.2, 0) is 0 Å². The van der Waals surface area contributed by atoms with Crippen LogP contribution in [0.3, 0.4) is 0 Å². The number of furan rings is 1. The molecule has 0 bridgehead atoms. The Balaban J connectivity index is 1.56. The van der Waals surface area contributed by atoms with Gasteiger partial charge >= 0.3 is 0 Å². The minimum absolute atomic E-state index is 0.840. The maximum absolute atomic E-state index is 6.98. The van der Waals surface area contributed by atoms with Crippen molar-refractivity contribution in [2.45, 2.75) is 6.92 Å². The van der Waals surface area contributed by atoms with Crippen molar-refractivity contribution in [1.82, 2.24) is 0 Å². The van der Waals surface area contributed by atoms with E-state index in [1.54, 1.807) is 6.08 Å². The van der Waals surface area contributed by atoms with Crippen LogP contribution in [0.25, 0.3) is 82.7 Å². The first-order valence-electron chi connectivity index (χ1n) is 15.1. The first-order valence-corrected chi connectivity index (χ1v) is 15.1. The minimum Gasteiger partial charge on any atom is -0.456 e. The Kier molecular flexibility index (Phi) is 6.24. The van der Waals surface area contributed by atoms with E-state index >= 15 is 0 Å². The first-order chi connectivity index (χ1) is 21.7. The number of benzene rings is 7. The van der Waals surface area contributed by atoms with Crippen molar-refractivity contribution < 1.29 is 4.42 Å². The molecule has 0 atom stereocenters. The van der Waals surface area contributed by atoms with Gasteiger partial charge in [-0.3, -0.25) is 0 Å². The van der Waals surface area contributed by atoms with Crippen LogP contribution in [0.15, 0.2) is 157 Å². The lowest BCUT2D eigenvalue weighted by Gasteiger charge is -2.18. The van der Waals surface area contributed by atoms with Crippen LogP contribution in [-0.4, -0.2) is 0 Å². The molecule has 1 heterocycles. The fourth-order valence-electron chi connectivity index (χ4n) is 6.90. The summed E-state index contributed by atoms with van der Waals surface area (Å²) in [5, 5.41) is 9.68. The van der Waals surface area contributed by atoms with Crippen molar-refractivity contribution in [3.05, 3.63) is 164 Å². The minimum atomic E-state index is 0.840. The molecule has 0 saturated carbocycles. The van der Waals surface area contributed by atoms with Crippen molar-refractivity contribution in [3.63, 3.8) is 0 Å². The molecular weight excluding hydrogens is 532 g/mol. The van der Waals surface area contributed by atoms with E-state index in [9.17, 15) is 0 Å². The van der Waals surface area contributed by atoms with Gasteiger partial charge in [0.1, 0.15) is 11.5 Å². The third kappa shape index (κ3) is 4.01. The van der Waals surface area contributed by atoms with Crippen LogP contribution in [0, 0.1) is 6.92 Å². The maximum Gasteiger partial charge on any atom is 0.144 e. The summed E-state index contributed by atoms with van der Waals surface area (Å²) >= 11 is 0. The molecule has 1 heteroatoms. The molecule has 8 rings (SSSR count). The van der Waals surface area contributed by atoms with Gasteiger partial charge in [0.15, 0.2) is 0 Å². The lowest BCUT2D eigenvalue weighted by atomic mass is 9.85. The molecule has 0 unspecified atom stereocenters. The molecule has 0 aliphatic heterocycles. The molecular formula is C43H30O. The largest absolute Gasteiger partial charge is 0.456 e. The van der Waals surface area contributed by atoms with Crippen LogP contribution in [0.2, 0.25) is 0 Å². The Labute approximate surface area is 257 Å². The summed E-state index contributed by atoms with van der Waals surface area (Å²) in [5.74, 6) is 1.73. The average molecular weight is 563 g/mol. The summed E-state index contributed by atoms with van der Waals surface area (Å²) in [6.07, 6.45) is 5.78. The molecule has 1 aromatic heterocycles. The fourth-order valence-corrected chi connectivity index (χ4v) is 6.90. The lowest BCUT2D eigenvalue weighted by Crippen LogP contribution is -1.92. The standard InChI is InChI=1S/C43H30O/c1-3-4-26-39-28(2)40(38-27-30-18-8-9-19-31(30)32-20-10-11-21-33(32)38)43(44-39)42-36-24-14-12-22-34(36)41(29-16-6-5-7-17-29)35-23-13-15-25-37(35)42/h3-27H,1H2,2H3/b26-4-. The zero-order chi connectivity index (χ0) is 29.6. The Morgan fingerprint density at radius 2 is 1.05 bits per heavy atom. The number of hydrogen-bond acceptors (Lipinski definition) is 1. The van der Waals surface area contributed by atoms with Gasteiger partial charge in [-0.05, 0) is 78.8 Å². The van der Waals surface area contributed by atoms with Crippen LogP contribution in [0.1, 0.15) is 11.3 Å². The van der Waals surface area contributed by atoms with Gasteiger partial charge in [0.25, 0.3) is 0 Å². The quantitative estimate of drug-likeness (QED) is 0.115. The summed E-state index contributed by atoms with van der Waals surface area (Å²) in [6, 6.07) is 47.9. The van der Waals surface area contributed by atoms with E-state index in [-0.39, 0.29) is 0 Å². The van der Waals surface area contributed by atoms with E-state index in [1.807, 2.05) is 12.2 Å². The molecule has 0 saturated heterocycles. The predicted octanol–water partition coefficient (Wildman–Crippen LogP) is 12.4. The number of allylic oxidation sites excluding steroid dienone is 2. The summed E-state index contributed by atoms with van der Waals surface area (Å²) in [4.78, 5) is 0. The van der Waals surface area contributed by atoms with Gasteiger partial charge in [-0.25, -0.2) is 0 Å². The molecule has 0 amide bonds. The Hall–Kier alpha value is -5.66. The van der Waals surface area contributed by atoms with Crippen LogP contribution in [0.5, 0.6) is 0 Å². The van der Waals surface area contributed by atoms with Crippen molar-refractivity contribution >= 4 is 49.2 Å². The Bertz CT molecular complexity index is 2350. The molecule has 0 N–H and O–H groups in total. The number of fused-ring (bicyclic) bond motifs is 5. The highest BCUT2D eigenvalue weighted by molar-refractivity contribution is 6.23. The van der Waals surface area contributed by atoms with E-state index in [4.69, 9.17) is 4.42 Å². The third-order valence-corrected chi connectivity index (χ3v) is 8.83. The van der Waals surface area contributed by atoms with Gasteiger partial charge in [-0.15, -0.1) is 0 Å². The molecule has 208 valence electrons. The first kappa shape index (κ1) is 26.0. The molecule has 0 aliphatic rings. The molecule has 0 spiro atoms. The van der Waals surface area contributed by atoms with Gasteiger partial charge in [0.2, 0.25) is 0 Å². The van der Waals surface area contributed by atoms with Crippen LogP contribution in [0.4, 0.5) is 0 Å². The summed E-state index contributed by atoms with van der Waals surface area (Å²) in [6.45, 7) is 6.10. The Morgan fingerprint density at radius 3 is 1.68 bits per heavy atom. The molecule has 0 radical (unpaired) electrons. The van der Waals surface area contributed by atoms with Crippen molar-refractivity contribution in [2.24, 2.45) is 0 Å². The van der Waals surface area contributed by atoms with E-state index in [0.29, 0.717) is 0 Å². The molecule has 1 nitrogen and oxygen atoms in total. The third-order valence-electron chi connectivity index (χ3n) is 8.83. The highest BCUT2D eigenvalue weighted by Crippen LogP contribution is 2.50. The van der Waals surface area contributed by atoms with Gasteiger partial charge in [0.05, 0.1) is 0 Å². The molecule has 0 aliphatic carbocycles. The molecule has 7 aromatic carbocycles. The second kappa shape index (κ2) is 10.6. The molecule has 0 fully saturated rings. The van der Waals surface area contributed by atoms with Gasteiger partial charge in [-0.2, -0.15) is 0 Å². The predicted molar refractivity (Wildman–Crippen MR) is 189 cm³/mol. The number of hydrogen-bond donors (Lipinski definition) is 0. The van der Waals surface area contributed by atoms with E-state index in [2.05, 4.69) is 147 Å². The second-order valence-electron chi connectivity index (χ2n) is 11.3. The summed E-state index contributed by atoms with van der Waals surface area (Å²) < 4.78 is 6.98. The monoisotopic (exact) mass is 562 g/mol. The van der Waals surface area contributed by atoms with Crippen LogP contribution >= 0.6 is 0 Å². The highest BCUT2D eigenvalue weighted by atomic mass is 16.3. The molecule has 8 aromatic rings. The summed E-state index contributed by atoms with van der Waals surface area (Å²) in [5.41, 5.74) is 6.97. The van der Waals surface area contributed by atoms with E-state index in [1.165, 1.54) is 59.8 Å². The lowest BCUT2D eigenvalue weighted by molar-refractivity contribution is 0.571. The van der Waals surface area contributed by atoms with E-state index < -0.39 is 0 Å². The highest BCUT2D eigenvalue weighted by Gasteiger charge is 2.26. The Morgan fingerprint density at radius 1 is 0.523 bits per heavy atom. The van der Waals surface area contributed by atoms with E-state index in [0.717, 1.165) is 28.2 Å². The number of rotatable bonds is 5. The van der Waals surface area contributed by atoms with Crippen molar-refractivity contribution in [3.8, 4) is 33.6 Å². The second-order valence-corrected chi connectivity index (χ2v) is 11.3. The average Bonchev–Trinajstić information content (AvgIpc) is 3.40. The fraction of sp³-hybridized carbons (Fsp3) is 0.0233. The van der Waals surface area contributed by atoms with Crippen LogP contribution < -0.4 is 0 Å². The SMILES string of the molecule is C=C/C=C\c1oc(-c2c3ccccc3c(-c3ccccc3)c3ccccc23)c(-c2cc3ccccc3c3ccccc23)c1C. The zero-order valence-corrected chi connectivity index (χ0v) is 24.5. The topological polar surface area (TPSA) is 13.1 Å². The maximum atomic E-state index is 6.98. The van der Waals surface area contributed by atoms with Gasteiger partial charge < -0.3 is 4.42 Å². The van der Waals surface area contributed by atoms with Gasteiger partial charge in [-0.1, -0.05) is 146 Å². The summed E-state index contributed by atoms with van der Waals surface area (Å²) in [7, 11) is 0. The zero-order valence-electron chi connectivity index (χ0n) is 24.5. The van der Waals surface area contributed by atoms with Gasteiger partial charge in [0, 0.05) is 16.7 Å². The smallest absolute Gasteiger partial charge is 0.144 e.